The summed E-state index contributed by atoms with van der Waals surface area (Å²) in [5.41, 5.74) is -0.0566. The van der Waals surface area contributed by atoms with E-state index < -0.39 is 11.7 Å². The fourth-order valence-electron chi connectivity index (χ4n) is 1.37. The lowest BCUT2D eigenvalue weighted by Crippen LogP contribution is -2.37. The van der Waals surface area contributed by atoms with Crippen molar-refractivity contribution in [2.24, 2.45) is 0 Å². The van der Waals surface area contributed by atoms with Crippen molar-refractivity contribution >= 4 is 11.8 Å². The van der Waals surface area contributed by atoms with Crippen LogP contribution < -0.4 is 10.6 Å². The van der Waals surface area contributed by atoms with Gasteiger partial charge in [-0.25, -0.2) is 4.39 Å². The number of unbranched alkanes of at least 4 members (excludes halogenated alkanes) is 1. The molecule has 0 aromatic heterocycles. The van der Waals surface area contributed by atoms with Crippen molar-refractivity contribution in [1.82, 2.24) is 10.6 Å². The molecule has 0 fully saturated rings. The average Bonchev–Trinajstić information content (AvgIpc) is 2.37. The number of carbonyl (C=O) groups excluding carboxylic acids is 2. The third-order valence-electron chi connectivity index (χ3n) is 2.38. The Labute approximate surface area is 106 Å². The Morgan fingerprint density at radius 1 is 1.22 bits per heavy atom. The molecule has 0 heterocycles. The summed E-state index contributed by atoms with van der Waals surface area (Å²) in [6.45, 7) is 2.47. The van der Waals surface area contributed by atoms with Crippen molar-refractivity contribution in [1.29, 1.82) is 0 Å². The summed E-state index contributed by atoms with van der Waals surface area (Å²) >= 11 is 0. The first kappa shape index (κ1) is 14.2. The van der Waals surface area contributed by atoms with Crippen LogP contribution >= 0.6 is 0 Å². The normalized spacial score (nSPS) is 9.89. The number of rotatable bonds is 6. The molecule has 0 saturated carbocycles. The minimum atomic E-state index is -0.596. The monoisotopic (exact) mass is 252 g/mol. The fraction of sp³-hybridized carbons (Fsp3) is 0.385. The molecule has 1 aromatic carbocycles. The van der Waals surface area contributed by atoms with Gasteiger partial charge in [-0.2, -0.15) is 0 Å². The molecular weight excluding hydrogens is 235 g/mol. The van der Waals surface area contributed by atoms with Gasteiger partial charge in [0.15, 0.2) is 0 Å². The maximum atomic E-state index is 13.3. The van der Waals surface area contributed by atoms with Gasteiger partial charge in [0.2, 0.25) is 5.91 Å². The van der Waals surface area contributed by atoms with Gasteiger partial charge >= 0.3 is 0 Å². The van der Waals surface area contributed by atoms with E-state index in [-0.39, 0.29) is 18.0 Å². The fourth-order valence-corrected chi connectivity index (χ4v) is 1.37. The zero-order valence-corrected chi connectivity index (χ0v) is 10.3. The van der Waals surface area contributed by atoms with Crippen LogP contribution in [0.25, 0.3) is 0 Å². The molecule has 0 spiro atoms. The van der Waals surface area contributed by atoms with Crippen LogP contribution in [0.15, 0.2) is 24.3 Å². The van der Waals surface area contributed by atoms with Crippen molar-refractivity contribution in [2.45, 2.75) is 19.8 Å². The molecule has 0 unspecified atom stereocenters. The molecule has 0 aliphatic carbocycles. The van der Waals surface area contributed by atoms with E-state index in [0.717, 1.165) is 12.8 Å². The Balaban J connectivity index is 2.38. The van der Waals surface area contributed by atoms with Crippen LogP contribution in [-0.4, -0.2) is 24.9 Å². The highest BCUT2D eigenvalue weighted by Gasteiger charge is 2.11. The second-order valence-corrected chi connectivity index (χ2v) is 3.87. The zero-order valence-electron chi connectivity index (χ0n) is 10.3. The van der Waals surface area contributed by atoms with Gasteiger partial charge in [0.05, 0.1) is 12.1 Å². The Bertz CT molecular complexity index is 421. The summed E-state index contributed by atoms with van der Waals surface area (Å²) in [5.74, 6) is -1.45. The predicted octanol–water partition coefficient (Wildman–Crippen LogP) is 1.47. The Morgan fingerprint density at radius 2 is 1.94 bits per heavy atom. The minimum absolute atomic E-state index is 0.0566. The molecule has 0 aliphatic heterocycles. The van der Waals surface area contributed by atoms with Crippen molar-refractivity contribution in [3.63, 3.8) is 0 Å². The van der Waals surface area contributed by atoms with Crippen LogP contribution in [0.1, 0.15) is 30.1 Å². The molecule has 1 aromatic rings. The lowest BCUT2D eigenvalue weighted by molar-refractivity contribution is -0.120. The zero-order chi connectivity index (χ0) is 13.4. The van der Waals surface area contributed by atoms with E-state index in [2.05, 4.69) is 10.6 Å². The van der Waals surface area contributed by atoms with E-state index in [1.54, 1.807) is 6.07 Å². The number of halogens is 1. The average molecular weight is 252 g/mol. The van der Waals surface area contributed by atoms with Crippen molar-refractivity contribution in [3.05, 3.63) is 35.6 Å². The summed E-state index contributed by atoms with van der Waals surface area (Å²) in [6.07, 6.45) is 1.88. The number of nitrogens with one attached hydrogen (secondary N) is 2. The molecule has 2 amide bonds. The second-order valence-electron chi connectivity index (χ2n) is 3.87. The molecule has 0 saturated heterocycles. The van der Waals surface area contributed by atoms with Crippen molar-refractivity contribution in [2.75, 3.05) is 13.1 Å². The maximum absolute atomic E-state index is 13.3. The molecular formula is C13H17FN2O2. The summed E-state index contributed by atoms with van der Waals surface area (Å²) in [5, 5.41) is 5.03. The van der Waals surface area contributed by atoms with Gasteiger partial charge in [-0.05, 0) is 18.6 Å². The van der Waals surface area contributed by atoms with Gasteiger partial charge in [-0.15, -0.1) is 0 Å². The van der Waals surface area contributed by atoms with E-state index in [4.69, 9.17) is 0 Å². The van der Waals surface area contributed by atoms with Crippen LogP contribution in [0, 0.1) is 5.82 Å². The Kier molecular flexibility index (Phi) is 5.84. The van der Waals surface area contributed by atoms with E-state index in [0.29, 0.717) is 6.54 Å². The van der Waals surface area contributed by atoms with Gasteiger partial charge < -0.3 is 10.6 Å². The quantitative estimate of drug-likeness (QED) is 0.753. The first-order chi connectivity index (χ1) is 8.65. The highest BCUT2D eigenvalue weighted by atomic mass is 19.1. The largest absolute Gasteiger partial charge is 0.355 e. The lowest BCUT2D eigenvalue weighted by Gasteiger charge is -2.06. The van der Waals surface area contributed by atoms with Crippen LogP contribution in [0.3, 0.4) is 0 Å². The smallest absolute Gasteiger partial charge is 0.254 e. The van der Waals surface area contributed by atoms with Gasteiger partial charge in [0.1, 0.15) is 5.82 Å². The first-order valence-electron chi connectivity index (χ1n) is 5.94. The predicted molar refractivity (Wildman–Crippen MR) is 66.7 cm³/mol. The SMILES string of the molecule is CCCCNC(=O)CNC(=O)c1ccccc1F. The Morgan fingerprint density at radius 3 is 2.61 bits per heavy atom. The number of benzene rings is 1. The maximum Gasteiger partial charge on any atom is 0.254 e. The molecule has 2 N–H and O–H groups in total. The summed E-state index contributed by atoms with van der Waals surface area (Å²) in [7, 11) is 0. The Hall–Kier alpha value is -1.91. The van der Waals surface area contributed by atoms with Crippen molar-refractivity contribution in [3.8, 4) is 0 Å². The summed E-state index contributed by atoms with van der Waals surface area (Å²) < 4.78 is 13.3. The topological polar surface area (TPSA) is 58.2 Å². The van der Waals surface area contributed by atoms with Crippen LogP contribution in [0.2, 0.25) is 0 Å². The highest BCUT2D eigenvalue weighted by molar-refractivity contribution is 5.96. The summed E-state index contributed by atoms with van der Waals surface area (Å²) in [4.78, 5) is 22.9. The summed E-state index contributed by atoms with van der Waals surface area (Å²) in [6, 6.07) is 5.65. The lowest BCUT2D eigenvalue weighted by atomic mass is 10.2. The second kappa shape index (κ2) is 7.42. The van der Waals surface area contributed by atoms with Gasteiger partial charge in [-0.1, -0.05) is 25.5 Å². The third kappa shape index (κ3) is 4.53. The van der Waals surface area contributed by atoms with Crippen molar-refractivity contribution < 1.29 is 14.0 Å². The van der Waals surface area contributed by atoms with Crippen LogP contribution in [0.5, 0.6) is 0 Å². The van der Waals surface area contributed by atoms with E-state index in [1.807, 2.05) is 6.92 Å². The molecule has 18 heavy (non-hydrogen) atoms. The molecule has 0 bridgehead atoms. The van der Waals surface area contributed by atoms with Gasteiger partial charge in [-0.3, -0.25) is 9.59 Å². The highest BCUT2D eigenvalue weighted by Crippen LogP contribution is 2.05. The molecule has 5 heteroatoms. The number of amides is 2. The first-order valence-corrected chi connectivity index (χ1v) is 5.94. The number of hydrogen-bond acceptors (Lipinski definition) is 2. The molecule has 0 aliphatic rings. The number of hydrogen-bond donors (Lipinski definition) is 2. The molecule has 0 radical (unpaired) electrons. The van der Waals surface area contributed by atoms with E-state index in [1.165, 1.54) is 18.2 Å². The molecule has 4 nitrogen and oxygen atoms in total. The van der Waals surface area contributed by atoms with Gasteiger partial charge in [0.25, 0.3) is 5.91 Å². The minimum Gasteiger partial charge on any atom is -0.355 e. The van der Waals surface area contributed by atoms with E-state index in [9.17, 15) is 14.0 Å². The number of carbonyl (C=O) groups is 2. The molecule has 1 rings (SSSR count). The molecule has 98 valence electrons. The van der Waals surface area contributed by atoms with Crippen LogP contribution in [0.4, 0.5) is 4.39 Å². The van der Waals surface area contributed by atoms with Gasteiger partial charge in [0, 0.05) is 6.54 Å². The standard InChI is InChI=1S/C13H17FN2O2/c1-2-3-8-15-12(17)9-16-13(18)10-6-4-5-7-11(10)14/h4-7H,2-3,8-9H2,1H3,(H,15,17)(H,16,18). The van der Waals surface area contributed by atoms with E-state index >= 15 is 0 Å². The third-order valence-corrected chi connectivity index (χ3v) is 2.38. The molecule has 0 atom stereocenters. The van der Waals surface area contributed by atoms with Crippen LogP contribution in [-0.2, 0) is 4.79 Å².